The summed E-state index contributed by atoms with van der Waals surface area (Å²) in [6.45, 7) is 3.88. The predicted octanol–water partition coefficient (Wildman–Crippen LogP) is 1.98. The van der Waals surface area contributed by atoms with Crippen LogP contribution in [0.1, 0.15) is 33.1 Å². The van der Waals surface area contributed by atoms with E-state index in [1.165, 1.54) is 16.6 Å². The second-order valence-electron chi connectivity index (χ2n) is 4.84. The first kappa shape index (κ1) is 14.6. The Balaban J connectivity index is 2.46. The van der Waals surface area contributed by atoms with Gasteiger partial charge in [-0.2, -0.15) is 4.31 Å². The van der Waals surface area contributed by atoms with Crippen molar-refractivity contribution in [2.45, 2.75) is 50.1 Å². The number of aromatic amines is 1. The number of aromatic nitrogens is 1. The maximum Gasteiger partial charge on any atom is 0.266 e. The standard InChI is InChI=1S/C12H17ClN2O3S/c1-3-9-5-4-8(2)15(9)19(17,18)10-6-11(13)12(16)14-7-10/h6-9H,3-5H2,1-2H3,(H,14,16). The molecule has 0 aliphatic carbocycles. The molecule has 0 amide bonds. The molecule has 2 rings (SSSR count). The van der Waals surface area contributed by atoms with Gasteiger partial charge in [-0.05, 0) is 32.3 Å². The highest BCUT2D eigenvalue weighted by Crippen LogP contribution is 2.32. The van der Waals surface area contributed by atoms with Gasteiger partial charge in [0.05, 0.1) is 4.90 Å². The van der Waals surface area contributed by atoms with Gasteiger partial charge in [-0.1, -0.05) is 18.5 Å². The lowest BCUT2D eigenvalue weighted by atomic mass is 10.2. The van der Waals surface area contributed by atoms with Crippen LogP contribution in [-0.4, -0.2) is 29.8 Å². The molecule has 106 valence electrons. The lowest BCUT2D eigenvalue weighted by Crippen LogP contribution is -2.39. The zero-order valence-electron chi connectivity index (χ0n) is 10.9. The van der Waals surface area contributed by atoms with Gasteiger partial charge in [0.25, 0.3) is 5.56 Å². The van der Waals surface area contributed by atoms with Crippen molar-refractivity contribution in [3.05, 3.63) is 27.6 Å². The Morgan fingerprint density at radius 2 is 2.16 bits per heavy atom. The van der Waals surface area contributed by atoms with Crippen LogP contribution in [0.2, 0.25) is 5.02 Å². The summed E-state index contributed by atoms with van der Waals surface area (Å²) >= 11 is 5.71. The van der Waals surface area contributed by atoms with E-state index in [-0.39, 0.29) is 22.0 Å². The lowest BCUT2D eigenvalue weighted by Gasteiger charge is -2.26. The highest BCUT2D eigenvalue weighted by molar-refractivity contribution is 7.89. The summed E-state index contributed by atoms with van der Waals surface area (Å²) < 4.78 is 26.8. The van der Waals surface area contributed by atoms with Crippen molar-refractivity contribution >= 4 is 21.6 Å². The highest BCUT2D eigenvalue weighted by Gasteiger charge is 2.39. The van der Waals surface area contributed by atoms with E-state index in [9.17, 15) is 13.2 Å². The van der Waals surface area contributed by atoms with Crippen LogP contribution in [0.4, 0.5) is 0 Å². The summed E-state index contributed by atoms with van der Waals surface area (Å²) in [4.78, 5) is 13.6. The molecule has 2 unspecified atom stereocenters. The molecule has 7 heteroatoms. The molecule has 1 fully saturated rings. The van der Waals surface area contributed by atoms with E-state index in [1.54, 1.807) is 0 Å². The van der Waals surface area contributed by atoms with Crippen molar-refractivity contribution in [1.29, 1.82) is 0 Å². The summed E-state index contributed by atoms with van der Waals surface area (Å²) in [7, 11) is -3.61. The zero-order chi connectivity index (χ0) is 14.2. The van der Waals surface area contributed by atoms with E-state index in [4.69, 9.17) is 11.6 Å². The lowest BCUT2D eigenvalue weighted by molar-refractivity contribution is 0.328. The normalized spacial score (nSPS) is 24.8. The molecule has 1 saturated heterocycles. The first-order chi connectivity index (χ1) is 8.87. The summed E-state index contributed by atoms with van der Waals surface area (Å²) in [5.74, 6) is 0. The second kappa shape index (κ2) is 5.26. The number of rotatable bonds is 3. The third kappa shape index (κ3) is 2.57. The van der Waals surface area contributed by atoms with Crippen molar-refractivity contribution in [2.75, 3.05) is 0 Å². The Labute approximate surface area is 117 Å². The number of H-pyrrole nitrogens is 1. The summed E-state index contributed by atoms with van der Waals surface area (Å²) in [5, 5.41) is -0.110. The van der Waals surface area contributed by atoms with Gasteiger partial charge in [-0.25, -0.2) is 8.42 Å². The molecule has 0 saturated carbocycles. The second-order valence-corrected chi connectivity index (χ2v) is 7.09. The van der Waals surface area contributed by atoms with Crippen molar-refractivity contribution in [3.8, 4) is 0 Å². The van der Waals surface area contributed by atoms with E-state index in [0.717, 1.165) is 19.3 Å². The van der Waals surface area contributed by atoms with Crippen molar-refractivity contribution in [1.82, 2.24) is 9.29 Å². The number of nitrogens with zero attached hydrogens (tertiary/aromatic N) is 1. The fourth-order valence-corrected chi connectivity index (χ4v) is 4.75. The van der Waals surface area contributed by atoms with Crippen LogP contribution in [0.25, 0.3) is 0 Å². The smallest absolute Gasteiger partial charge is 0.266 e. The number of hydrogen-bond donors (Lipinski definition) is 1. The van der Waals surface area contributed by atoms with E-state index in [2.05, 4.69) is 4.98 Å². The minimum Gasteiger partial charge on any atom is -0.326 e. The van der Waals surface area contributed by atoms with Crippen LogP contribution in [0.15, 0.2) is 22.0 Å². The minimum atomic E-state index is -3.61. The number of hydrogen-bond acceptors (Lipinski definition) is 3. The van der Waals surface area contributed by atoms with E-state index in [1.807, 2.05) is 13.8 Å². The van der Waals surface area contributed by atoms with Crippen molar-refractivity contribution in [2.24, 2.45) is 0 Å². The third-order valence-electron chi connectivity index (χ3n) is 3.59. The SMILES string of the molecule is CCC1CCC(C)N1S(=O)(=O)c1c[nH]c(=O)c(Cl)c1. The number of nitrogens with one attached hydrogen (secondary N) is 1. The van der Waals surface area contributed by atoms with Gasteiger partial charge in [0.15, 0.2) is 0 Å². The summed E-state index contributed by atoms with van der Waals surface area (Å²) in [6.07, 6.45) is 3.71. The van der Waals surface area contributed by atoms with Crippen molar-refractivity contribution < 1.29 is 8.42 Å². The fourth-order valence-electron chi connectivity index (χ4n) is 2.57. The van der Waals surface area contributed by atoms with Gasteiger partial charge in [0.2, 0.25) is 10.0 Å². The van der Waals surface area contributed by atoms with Crippen LogP contribution in [-0.2, 0) is 10.0 Å². The molecule has 1 N–H and O–H groups in total. The van der Waals surface area contributed by atoms with Crippen LogP contribution in [0.3, 0.4) is 0 Å². The molecule has 0 aromatic carbocycles. The minimum absolute atomic E-state index is 0.0192. The molecule has 2 heterocycles. The number of pyridine rings is 1. The summed E-state index contributed by atoms with van der Waals surface area (Å²) in [5.41, 5.74) is -0.484. The Bertz CT molecular complexity index is 626. The Morgan fingerprint density at radius 1 is 1.47 bits per heavy atom. The molecule has 0 spiro atoms. The molecule has 5 nitrogen and oxygen atoms in total. The van der Waals surface area contributed by atoms with E-state index < -0.39 is 15.6 Å². The van der Waals surface area contributed by atoms with Crippen LogP contribution in [0, 0.1) is 0 Å². The van der Waals surface area contributed by atoms with E-state index in [0.29, 0.717) is 0 Å². The average molecular weight is 305 g/mol. The monoisotopic (exact) mass is 304 g/mol. The molecule has 1 aliphatic heterocycles. The Kier molecular flexibility index (Phi) is 4.03. The fraction of sp³-hybridized carbons (Fsp3) is 0.583. The number of sulfonamides is 1. The molecule has 1 aromatic rings. The largest absolute Gasteiger partial charge is 0.326 e. The van der Waals surface area contributed by atoms with Gasteiger partial charge in [-0.3, -0.25) is 4.79 Å². The average Bonchev–Trinajstić information content (AvgIpc) is 2.74. The Morgan fingerprint density at radius 3 is 2.74 bits per heavy atom. The van der Waals surface area contributed by atoms with Gasteiger partial charge < -0.3 is 4.98 Å². The van der Waals surface area contributed by atoms with Crippen LogP contribution in [0.5, 0.6) is 0 Å². The maximum absolute atomic E-state index is 12.6. The van der Waals surface area contributed by atoms with Gasteiger partial charge in [-0.15, -0.1) is 0 Å². The predicted molar refractivity (Wildman–Crippen MR) is 73.9 cm³/mol. The molecule has 19 heavy (non-hydrogen) atoms. The van der Waals surface area contributed by atoms with Crippen LogP contribution < -0.4 is 5.56 Å². The topological polar surface area (TPSA) is 70.2 Å². The van der Waals surface area contributed by atoms with Crippen molar-refractivity contribution in [3.63, 3.8) is 0 Å². The molecule has 2 atom stereocenters. The quantitative estimate of drug-likeness (QED) is 0.928. The molecular formula is C12H17ClN2O3S. The third-order valence-corrected chi connectivity index (χ3v) is 5.92. The first-order valence-electron chi connectivity index (χ1n) is 6.29. The Hall–Kier alpha value is -0.850. The summed E-state index contributed by atoms with van der Waals surface area (Å²) in [6, 6.07) is 1.21. The maximum atomic E-state index is 12.6. The molecule has 1 aromatic heterocycles. The zero-order valence-corrected chi connectivity index (χ0v) is 12.5. The molecule has 0 bridgehead atoms. The van der Waals surface area contributed by atoms with Crippen LogP contribution >= 0.6 is 11.6 Å². The van der Waals surface area contributed by atoms with Gasteiger partial charge in [0, 0.05) is 18.3 Å². The molecular weight excluding hydrogens is 288 g/mol. The number of halogens is 1. The van der Waals surface area contributed by atoms with Gasteiger partial charge >= 0.3 is 0 Å². The molecule has 0 radical (unpaired) electrons. The highest BCUT2D eigenvalue weighted by atomic mass is 35.5. The first-order valence-corrected chi connectivity index (χ1v) is 8.11. The van der Waals surface area contributed by atoms with E-state index >= 15 is 0 Å². The van der Waals surface area contributed by atoms with Gasteiger partial charge in [0.1, 0.15) is 5.02 Å². The molecule has 1 aliphatic rings.